The van der Waals surface area contributed by atoms with Crippen LogP contribution in [0.3, 0.4) is 0 Å². The van der Waals surface area contributed by atoms with Crippen molar-refractivity contribution in [1.82, 2.24) is 24.9 Å². The predicted octanol–water partition coefficient (Wildman–Crippen LogP) is 3.18. The molecule has 0 saturated heterocycles. The second-order valence-corrected chi connectivity index (χ2v) is 6.44. The summed E-state index contributed by atoms with van der Waals surface area (Å²) in [7, 11) is 0. The van der Waals surface area contributed by atoms with Gasteiger partial charge in [0.1, 0.15) is 0 Å². The monoisotopic (exact) mass is 323 g/mol. The molecule has 2 atom stereocenters. The summed E-state index contributed by atoms with van der Waals surface area (Å²) in [6.45, 7) is 8.05. The van der Waals surface area contributed by atoms with Gasteiger partial charge in [-0.1, -0.05) is 30.3 Å². The summed E-state index contributed by atoms with van der Waals surface area (Å²) < 4.78 is 4.00. The molecule has 0 unspecified atom stereocenters. The van der Waals surface area contributed by atoms with Crippen LogP contribution in [0.2, 0.25) is 0 Å². The minimum atomic E-state index is 0.304. The van der Waals surface area contributed by atoms with Crippen molar-refractivity contribution in [2.24, 2.45) is 0 Å². The lowest BCUT2D eigenvalue weighted by Crippen LogP contribution is -2.33. The third-order valence-electron chi connectivity index (χ3n) is 4.37. The number of rotatable bonds is 7. The molecule has 1 aromatic carbocycles. The van der Waals surface area contributed by atoms with Gasteiger partial charge in [-0.15, -0.1) is 0 Å². The third-order valence-corrected chi connectivity index (χ3v) is 4.37. The topological polar surface area (TPSA) is 47.7 Å². The van der Waals surface area contributed by atoms with E-state index in [1.807, 2.05) is 27.8 Å². The molecule has 1 N–H and O–H groups in total. The molecule has 24 heavy (non-hydrogen) atoms. The first-order valence-electron chi connectivity index (χ1n) is 8.41. The molecule has 2 heterocycles. The fourth-order valence-electron chi connectivity index (χ4n) is 2.69. The lowest BCUT2D eigenvalue weighted by molar-refractivity contribution is 0.365. The van der Waals surface area contributed by atoms with E-state index in [1.165, 1.54) is 16.7 Å². The Morgan fingerprint density at radius 2 is 1.79 bits per heavy atom. The quantitative estimate of drug-likeness (QED) is 0.726. The van der Waals surface area contributed by atoms with E-state index in [2.05, 4.69) is 72.9 Å². The summed E-state index contributed by atoms with van der Waals surface area (Å²) in [6, 6.07) is 11.0. The summed E-state index contributed by atoms with van der Waals surface area (Å²) in [5, 5.41) is 12.4. The van der Waals surface area contributed by atoms with Gasteiger partial charge in [-0.3, -0.25) is 9.36 Å². The van der Waals surface area contributed by atoms with Crippen LogP contribution in [0.1, 0.15) is 36.6 Å². The van der Waals surface area contributed by atoms with Crippen molar-refractivity contribution < 1.29 is 0 Å². The molecule has 2 aromatic heterocycles. The first kappa shape index (κ1) is 16.5. The number of hydrogen-bond donors (Lipinski definition) is 1. The number of hydrogen-bond acceptors (Lipinski definition) is 3. The van der Waals surface area contributed by atoms with Crippen molar-refractivity contribution >= 4 is 0 Å². The fraction of sp³-hybridized carbons (Fsp3) is 0.368. The Morgan fingerprint density at radius 3 is 2.50 bits per heavy atom. The smallest absolute Gasteiger partial charge is 0.0659 e. The molecule has 126 valence electrons. The van der Waals surface area contributed by atoms with Gasteiger partial charge in [-0.25, -0.2) is 0 Å². The average Bonchev–Trinajstić information content (AvgIpc) is 3.22. The fourth-order valence-corrected chi connectivity index (χ4v) is 2.69. The molecule has 0 bridgehead atoms. The van der Waals surface area contributed by atoms with E-state index in [-0.39, 0.29) is 0 Å². The van der Waals surface area contributed by atoms with Crippen molar-refractivity contribution in [2.75, 3.05) is 0 Å². The highest BCUT2D eigenvalue weighted by Crippen LogP contribution is 2.12. The zero-order valence-corrected chi connectivity index (χ0v) is 14.6. The van der Waals surface area contributed by atoms with Crippen molar-refractivity contribution in [3.05, 3.63) is 71.8 Å². The molecule has 0 radical (unpaired) electrons. The maximum absolute atomic E-state index is 4.45. The van der Waals surface area contributed by atoms with Gasteiger partial charge in [-0.2, -0.15) is 10.2 Å². The van der Waals surface area contributed by atoms with Crippen LogP contribution in [-0.4, -0.2) is 25.6 Å². The van der Waals surface area contributed by atoms with E-state index in [4.69, 9.17) is 0 Å². The van der Waals surface area contributed by atoms with Crippen LogP contribution in [0.25, 0.3) is 0 Å². The Kier molecular flexibility index (Phi) is 5.11. The summed E-state index contributed by atoms with van der Waals surface area (Å²) in [4.78, 5) is 0. The van der Waals surface area contributed by atoms with Gasteiger partial charge in [0.25, 0.3) is 0 Å². The van der Waals surface area contributed by atoms with E-state index < -0.39 is 0 Å². The van der Waals surface area contributed by atoms with Gasteiger partial charge in [0, 0.05) is 30.5 Å². The lowest BCUT2D eigenvalue weighted by Gasteiger charge is -2.21. The first-order chi connectivity index (χ1) is 11.6. The van der Waals surface area contributed by atoms with Crippen LogP contribution < -0.4 is 5.32 Å². The molecular weight excluding hydrogens is 298 g/mol. The summed E-state index contributed by atoms with van der Waals surface area (Å²) >= 11 is 0. The number of nitrogens with zero attached hydrogens (tertiary/aromatic N) is 4. The molecule has 0 aliphatic heterocycles. The number of aryl methyl sites for hydroxylation is 1. The molecule has 0 saturated carbocycles. The molecule has 0 spiro atoms. The van der Waals surface area contributed by atoms with Crippen molar-refractivity contribution in [3.63, 3.8) is 0 Å². The molecule has 0 aliphatic carbocycles. The Balaban J connectivity index is 1.53. The van der Waals surface area contributed by atoms with E-state index in [9.17, 15) is 0 Å². The van der Waals surface area contributed by atoms with Gasteiger partial charge in [0.15, 0.2) is 0 Å². The Labute approximate surface area is 143 Å². The standard InChI is InChI=1S/C19H25N5/c1-15-9-22-24(12-15)17(3)16(2)20-10-19-11-21-23(14-19)13-18-7-5-4-6-8-18/h4-9,11-12,14,16-17,20H,10,13H2,1-3H3/t16-,17-/m1/s1. The second kappa shape index (κ2) is 7.45. The SMILES string of the molecule is Cc1cnn([C@H](C)[C@@H](C)NCc2cnn(Cc3ccccc3)c2)c1. The maximum Gasteiger partial charge on any atom is 0.0659 e. The summed E-state index contributed by atoms with van der Waals surface area (Å²) in [5.41, 5.74) is 3.65. The normalized spacial score (nSPS) is 13.8. The molecule has 0 amide bonds. The molecule has 3 aromatic rings. The van der Waals surface area contributed by atoms with Crippen LogP contribution in [0.5, 0.6) is 0 Å². The minimum absolute atomic E-state index is 0.304. The van der Waals surface area contributed by atoms with E-state index in [0.29, 0.717) is 12.1 Å². The predicted molar refractivity (Wildman–Crippen MR) is 95.7 cm³/mol. The van der Waals surface area contributed by atoms with E-state index in [1.54, 1.807) is 0 Å². The van der Waals surface area contributed by atoms with Crippen LogP contribution in [0.4, 0.5) is 0 Å². The lowest BCUT2D eigenvalue weighted by atomic mass is 10.1. The molecule has 0 fully saturated rings. The Bertz CT molecular complexity index is 759. The minimum Gasteiger partial charge on any atom is -0.308 e. The number of nitrogens with one attached hydrogen (secondary N) is 1. The number of benzene rings is 1. The van der Waals surface area contributed by atoms with Crippen molar-refractivity contribution in [2.45, 2.75) is 45.9 Å². The van der Waals surface area contributed by atoms with Gasteiger partial charge in [0.2, 0.25) is 0 Å². The van der Waals surface area contributed by atoms with Crippen LogP contribution >= 0.6 is 0 Å². The van der Waals surface area contributed by atoms with Crippen LogP contribution in [-0.2, 0) is 13.1 Å². The largest absolute Gasteiger partial charge is 0.308 e. The van der Waals surface area contributed by atoms with E-state index in [0.717, 1.165) is 13.1 Å². The first-order valence-corrected chi connectivity index (χ1v) is 8.41. The maximum atomic E-state index is 4.45. The van der Waals surface area contributed by atoms with Gasteiger partial charge in [-0.05, 0) is 31.9 Å². The molecule has 5 nitrogen and oxygen atoms in total. The Hall–Kier alpha value is -2.40. The van der Waals surface area contributed by atoms with Crippen LogP contribution in [0, 0.1) is 6.92 Å². The third kappa shape index (κ3) is 4.11. The highest BCUT2D eigenvalue weighted by molar-refractivity contribution is 5.15. The number of aromatic nitrogens is 4. The van der Waals surface area contributed by atoms with Crippen molar-refractivity contribution in [3.8, 4) is 0 Å². The highest BCUT2D eigenvalue weighted by Gasteiger charge is 2.14. The molecule has 0 aliphatic rings. The molecule has 3 rings (SSSR count). The van der Waals surface area contributed by atoms with Gasteiger partial charge < -0.3 is 5.32 Å². The summed E-state index contributed by atoms with van der Waals surface area (Å²) in [5.74, 6) is 0. The highest BCUT2D eigenvalue weighted by atomic mass is 15.3. The van der Waals surface area contributed by atoms with E-state index >= 15 is 0 Å². The molecule has 5 heteroatoms. The Morgan fingerprint density at radius 1 is 1.00 bits per heavy atom. The molecular formula is C19H25N5. The average molecular weight is 323 g/mol. The van der Waals surface area contributed by atoms with Gasteiger partial charge >= 0.3 is 0 Å². The zero-order valence-electron chi connectivity index (χ0n) is 14.6. The van der Waals surface area contributed by atoms with Crippen molar-refractivity contribution in [1.29, 1.82) is 0 Å². The second-order valence-electron chi connectivity index (χ2n) is 6.44. The zero-order chi connectivity index (χ0) is 16.9. The van der Waals surface area contributed by atoms with Crippen LogP contribution in [0.15, 0.2) is 55.1 Å². The summed E-state index contributed by atoms with van der Waals surface area (Å²) in [6.07, 6.45) is 8.03. The van der Waals surface area contributed by atoms with Gasteiger partial charge in [0.05, 0.1) is 25.0 Å².